The molecule has 6 nitrogen and oxygen atoms in total. The third-order valence-electron chi connectivity index (χ3n) is 4.77. The number of ether oxygens (including phenoxy) is 3. The number of nitrogens with zero attached hydrogens (tertiary/aromatic N) is 1. The van der Waals surface area contributed by atoms with Crippen LogP contribution in [0.15, 0.2) is 36.2 Å². The summed E-state index contributed by atoms with van der Waals surface area (Å²) in [5, 5.41) is 9.70. The van der Waals surface area contributed by atoms with Crippen LogP contribution in [0.1, 0.15) is 42.4 Å². The van der Waals surface area contributed by atoms with Crippen LogP contribution in [-0.4, -0.2) is 37.4 Å². The maximum absolute atomic E-state index is 11.8. The van der Waals surface area contributed by atoms with Crippen LogP contribution in [0.3, 0.4) is 0 Å². The van der Waals surface area contributed by atoms with Gasteiger partial charge in [0.1, 0.15) is 5.75 Å². The second-order valence-electron chi connectivity index (χ2n) is 6.77. The standard InChI is InChI=1S/C23H29NO5/c1-16-13-20(27-2)22(29-4)19(21(16)28-3)14-18(23(25)26)11-7-5-6-9-17-10-8-12-24-15-17/h8,10,12-15H,5-7,9,11H2,1-4H3,(H,25,26)/b18-14+. The molecule has 1 N–H and O–H groups in total. The third-order valence-corrected chi connectivity index (χ3v) is 4.77. The Morgan fingerprint density at radius 1 is 1.10 bits per heavy atom. The Morgan fingerprint density at radius 3 is 2.45 bits per heavy atom. The van der Waals surface area contributed by atoms with Crippen molar-refractivity contribution in [2.45, 2.75) is 39.0 Å². The van der Waals surface area contributed by atoms with Crippen molar-refractivity contribution < 1.29 is 24.1 Å². The summed E-state index contributed by atoms with van der Waals surface area (Å²) in [5.41, 5.74) is 2.94. The molecule has 0 atom stereocenters. The van der Waals surface area contributed by atoms with Crippen molar-refractivity contribution in [3.63, 3.8) is 0 Å². The maximum Gasteiger partial charge on any atom is 0.331 e. The maximum atomic E-state index is 11.8. The normalized spacial score (nSPS) is 11.2. The van der Waals surface area contributed by atoms with Crippen molar-refractivity contribution in [2.75, 3.05) is 21.3 Å². The van der Waals surface area contributed by atoms with E-state index in [1.165, 1.54) is 12.7 Å². The van der Waals surface area contributed by atoms with Crippen molar-refractivity contribution in [3.8, 4) is 17.2 Å². The molecule has 0 aliphatic rings. The predicted molar refractivity (Wildman–Crippen MR) is 113 cm³/mol. The van der Waals surface area contributed by atoms with E-state index in [0.29, 0.717) is 34.8 Å². The number of unbranched alkanes of at least 4 members (excludes halogenated alkanes) is 2. The summed E-state index contributed by atoms with van der Waals surface area (Å²) in [4.78, 5) is 16.0. The minimum absolute atomic E-state index is 0.315. The van der Waals surface area contributed by atoms with Gasteiger partial charge in [0.25, 0.3) is 0 Å². The van der Waals surface area contributed by atoms with Gasteiger partial charge in [-0.1, -0.05) is 12.5 Å². The fraction of sp³-hybridized carbons (Fsp3) is 0.391. The molecule has 0 fully saturated rings. The second kappa shape index (κ2) is 11.1. The summed E-state index contributed by atoms with van der Waals surface area (Å²) in [6.07, 6.45) is 9.38. The molecule has 0 radical (unpaired) electrons. The van der Waals surface area contributed by atoms with Crippen LogP contribution in [0, 0.1) is 6.92 Å². The van der Waals surface area contributed by atoms with Gasteiger partial charge in [-0.3, -0.25) is 4.98 Å². The molecular formula is C23H29NO5. The number of rotatable bonds is 11. The fourth-order valence-electron chi connectivity index (χ4n) is 3.32. The van der Waals surface area contributed by atoms with Gasteiger partial charge in [0.15, 0.2) is 11.5 Å². The number of carboxylic acids is 1. The molecule has 2 rings (SSSR count). The number of pyridine rings is 1. The number of aryl methyl sites for hydroxylation is 2. The predicted octanol–water partition coefficient (Wildman–Crippen LogP) is 4.69. The molecule has 0 saturated heterocycles. The van der Waals surface area contributed by atoms with E-state index in [0.717, 1.165) is 31.2 Å². The largest absolute Gasteiger partial charge is 0.496 e. The molecule has 0 bridgehead atoms. The highest BCUT2D eigenvalue weighted by molar-refractivity contribution is 5.93. The highest BCUT2D eigenvalue weighted by Crippen LogP contribution is 2.41. The van der Waals surface area contributed by atoms with Crippen LogP contribution in [-0.2, 0) is 11.2 Å². The summed E-state index contributed by atoms with van der Waals surface area (Å²) in [5.74, 6) is 0.642. The molecule has 6 heteroatoms. The van der Waals surface area contributed by atoms with Gasteiger partial charge in [-0.05, 0) is 61.9 Å². The van der Waals surface area contributed by atoms with Gasteiger partial charge in [0.05, 0.1) is 26.9 Å². The number of hydrogen-bond donors (Lipinski definition) is 1. The van der Waals surface area contributed by atoms with Crippen LogP contribution >= 0.6 is 0 Å². The number of aromatic nitrogens is 1. The SMILES string of the molecule is COc1cc(C)c(OC)c(/C=C(\CCCCCc2cccnc2)C(=O)O)c1OC. The van der Waals surface area contributed by atoms with E-state index in [9.17, 15) is 9.90 Å². The summed E-state index contributed by atoms with van der Waals surface area (Å²) < 4.78 is 16.4. The zero-order chi connectivity index (χ0) is 21.2. The molecule has 29 heavy (non-hydrogen) atoms. The zero-order valence-electron chi connectivity index (χ0n) is 17.5. The van der Waals surface area contributed by atoms with E-state index < -0.39 is 5.97 Å². The third kappa shape index (κ3) is 5.98. The van der Waals surface area contributed by atoms with Crippen molar-refractivity contribution in [2.24, 2.45) is 0 Å². The molecular weight excluding hydrogens is 370 g/mol. The highest BCUT2D eigenvalue weighted by Gasteiger charge is 2.19. The Labute approximate surface area is 172 Å². The Balaban J connectivity index is 2.15. The van der Waals surface area contributed by atoms with Crippen molar-refractivity contribution in [3.05, 3.63) is 52.9 Å². The number of carboxylic acid groups (broad SMARTS) is 1. The quantitative estimate of drug-likeness (QED) is 0.436. The number of hydrogen-bond acceptors (Lipinski definition) is 5. The van der Waals surface area contributed by atoms with Gasteiger partial charge in [-0.2, -0.15) is 0 Å². The minimum Gasteiger partial charge on any atom is -0.496 e. The summed E-state index contributed by atoms with van der Waals surface area (Å²) in [6, 6.07) is 5.80. The van der Waals surface area contributed by atoms with E-state index in [4.69, 9.17) is 14.2 Å². The van der Waals surface area contributed by atoms with Crippen LogP contribution < -0.4 is 14.2 Å². The first-order valence-electron chi connectivity index (χ1n) is 9.64. The van der Waals surface area contributed by atoms with E-state index in [2.05, 4.69) is 11.1 Å². The first-order valence-corrected chi connectivity index (χ1v) is 9.64. The minimum atomic E-state index is -0.943. The molecule has 156 valence electrons. The van der Waals surface area contributed by atoms with Crippen LogP contribution in [0.2, 0.25) is 0 Å². The summed E-state index contributed by atoms with van der Waals surface area (Å²) in [7, 11) is 4.64. The van der Waals surface area contributed by atoms with Crippen LogP contribution in [0.25, 0.3) is 6.08 Å². The van der Waals surface area contributed by atoms with Crippen molar-refractivity contribution >= 4 is 12.0 Å². The molecule has 1 heterocycles. The molecule has 0 amide bonds. The van der Waals surface area contributed by atoms with Gasteiger partial charge in [-0.25, -0.2) is 4.79 Å². The lowest BCUT2D eigenvalue weighted by Crippen LogP contribution is -2.03. The molecule has 0 spiro atoms. The van der Waals surface area contributed by atoms with Gasteiger partial charge >= 0.3 is 5.97 Å². The lowest BCUT2D eigenvalue weighted by Gasteiger charge is -2.17. The van der Waals surface area contributed by atoms with Gasteiger partial charge in [0.2, 0.25) is 0 Å². The monoisotopic (exact) mass is 399 g/mol. The van der Waals surface area contributed by atoms with Gasteiger partial charge < -0.3 is 19.3 Å². The number of benzene rings is 1. The number of carbonyl (C=O) groups is 1. The number of methoxy groups -OCH3 is 3. The second-order valence-corrected chi connectivity index (χ2v) is 6.77. The first-order chi connectivity index (χ1) is 14.0. The van der Waals surface area contributed by atoms with E-state index in [1.54, 1.807) is 26.5 Å². The average molecular weight is 399 g/mol. The first kappa shape index (κ1) is 22.3. The molecule has 1 aromatic carbocycles. The molecule has 2 aromatic rings. The Morgan fingerprint density at radius 2 is 1.86 bits per heavy atom. The lowest BCUT2D eigenvalue weighted by atomic mass is 10.00. The van der Waals surface area contributed by atoms with Crippen molar-refractivity contribution in [1.29, 1.82) is 0 Å². The van der Waals surface area contributed by atoms with Gasteiger partial charge in [-0.15, -0.1) is 0 Å². The smallest absolute Gasteiger partial charge is 0.331 e. The summed E-state index contributed by atoms with van der Waals surface area (Å²) >= 11 is 0. The van der Waals surface area contributed by atoms with Crippen molar-refractivity contribution in [1.82, 2.24) is 4.98 Å². The Hall–Kier alpha value is -3.02. The van der Waals surface area contributed by atoms with Gasteiger partial charge in [0, 0.05) is 18.0 Å². The van der Waals surface area contributed by atoms with E-state index in [1.807, 2.05) is 25.3 Å². The van der Waals surface area contributed by atoms with E-state index in [-0.39, 0.29) is 0 Å². The Bertz CT molecular complexity index is 846. The molecule has 1 aromatic heterocycles. The molecule has 0 unspecified atom stereocenters. The molecule has 0 saturated carbocycles. The molecule has 0 aliphatic heterocycles. The fourth-order valence-corrected chi connectivity index (χ4v) is 3.32. The van der Waals surface area contributed by atoms with E-state index >= 15 is 0 Å². The van der Waals surface area contributed by atoms with Crippen LogP contribution in [0.5, 0.6) is 17.2 Å². The lowest BCUT2D eigenvalue weighted by molar-refractivity contribution is -0.132. The zero-order valence-corrected chi connectivity index (χ0v) is 17.5. The molecule has 0 aliphatic carbocycles. The topological polar surface area (TPSA) is 77.9 Å². The average Bonchev–Trinajstić information content (AvgIpc) is 2.72. The summed E-state index contributed by atoms with van der Waals surface area (Å²) in [6.45, 7) is 1.89. The Kier molecular flexibility index (Phi) is 8.52. The van der Waals surface area contributed by atoms with Crippen LogP contribution in [0.4, 0.5) is 0 Å². The number of aliphatic carboxylic acids is 1. The highest BCUT2D eigenvalue weighted by atomic mass is 16.5.